The molecule has 0 aromatic heterocycles. The first-order valence-corrected chi connectivity index (χ1v) is 5.65. The molecule has 0 aliphatic heterocycles. The number of carboxylic acids is 1. The van der Waals surface area contributed by atoms with E-state index in [4.69, 9.17) is 10.8 Å². The van der Waals surface area contributed by atoms with Crippen LogP contribution in [0.25, 0.3) is 0 Å². The second kappa shape index (κ2) is 4.41. The zero-order valence-electron chi connectivity index (χ0n) is 9.88. The number of amides is 1. The molecule has 0 aromatic carbocycles. The van der Waals surface area contributed by atoms with Gasteiger partial charge in [0.25, 0.3) is 0 Å². The maximum atomic E-state index is 11.7. The summed E-state index contributed by atoms with van der Waals surface area (Å²) in [5.74, 6) is -1.12. The summed E-state index contributed by atoms with van der Waals surface area (Å²) in [5, 5.41) is 11.7. The molecule has 4 N–H and O–H groups in total. The summed E-state index contributed by atoms with van der Waals surface area (Å²) in [4.78, 5) is 22.7. The predicted octanol–water partition coefficient (Wildman–Crippen LogP) is 0.485. The molecule has 5 heteroatoms. The molecular weight excluding hydrogens is 208 g/mol. The Balaban J connectivity index is 2.50. The number of carbonyl (C=O) groups excluding carboxylic acids is 1. The number of hydrogen-bond donors (Lipinski definition) is 3. The first kappa shape index (κ1) is 13.0. The molecule has 0 heterocycles. The van der Waals surface area contributed by atoms with Crippen molar-refractivity contribution in [3.63, 3.8) is 0 Å². The van der Waals surface area contributed by atoms with Crippen LogP contribution in [0, 0.1) is 5.41 Å². The van der Waals surface area contributed by atoms with Crippen molar-refractivity contribution in [1.82, 2.24) is 5.32 Å². The smallest absolute Gasteiger partial charge is 0.311 e. The van der Waals surface area contributed by atoms with E-state index < -0.39 is 16.9 Å². The summed E-state index contributed by atoms with van der Waals surface area (Å²) in [7, 11) is 0. The van der Waals surface area contributed by atoms with Crippen molar-refractivity contribution in [2.24, 2.45) is 11.1 Å². The van der Waals surface area contributed by atoms with E-state index in [9.17, 15) is 9.59 Å². The SMILES string of the molecule is CCC(C)(CNC(=O)C1(N)CCC1)C(=O)O. The Morgan fingerprint density at radius 2 is 2.06 bits per heavy atom. The van der Waals surface area contributed by atoms with Gasteiger partial charge in [-0.2, -0.15) is 0 Å². The predicted molar refractivity (Wildman–Crippen MR) is 59.8 cm³/mol. The fourth-order valence-corrected chi connectivity index (χ4v) is 1.59. The van der Waals surface area contributed by atoms with Crippen LogP contribution in [-0.2, 0) is 9.59 Å². The highest BCUT2D eigenvalue weighted by Crippen LogP contribution is 2.29. The van der Waals surface area contributed by atoms with Crippen LogP contribution in [0.1, 0.15) is 39.5 Å². The molecule has 0 radical (unpaired) electrons. The number of nitrogens with two attached hydrogens (primary N) is 1. The van der Waals surface area contributed by atoms with Crippen molar-refractivity contribution in [2.45, 2.75) is 45.1 Å². The minimum absolute atomic E-state index is 0.136. The monoisotopic (exact) mass is 228 g/mol. The molecule has 0 spiro atoms. The molecule has 1 amide bonds. The Hall–Kier alpha value is -1.10. The summed E-state index contributed by atoms with van der Waals surface area (Å²) >= 11 is 0. The van der Waals surface area contributed by atoms with Crippen LogP contribution in [-0.4, -0.2) is 29.1 Å². The zero-order valence-corrected chi connectivity index (χ0v) is 9.88. The molecule has 1 unspecified atom stereocenters. The lowest BCUT2D eigenvalue weighted by molar-refractivity contribution is -0.148. The lowest BCUT2D eigenvalue weighted by Crippen LogP contribution is -2.59. The average molecular weight is 228 g/mol. The van der Waals surface area contributed by atoms with Gasteiger partial charge in [0.15, 0.2) is 0 Å². The van der Waals surface area contributed by atoms with Gasteiger partial charge in [0, 0.05) is 6.54 Å². The molecule has 1 atom stereocenters. The minimum atomic E-state index is -0.907. The van der Waals surface area contributed by atoms with Crippen molar-refractivity contribution in [3.8, 4) is 0 Å². The number of hydrogen-bond acceptors (Lipinski definition) is 3. The molecule has 0 saturated heterocycles. The molecule has 16 heavy (non-hydrogen) atoms. The molecule has 1 aliphatic rings. The van der Waals surface area contributed by atoms with Crippen LogP contribution in [0.5, 0.6) is 0 Å². The number of rotatable bonds is 5. The molecule has 0 bridgehead atoms. The van der Waals surface area contributed by atoms with Crippen LogP contribution in [0.3, 0.4) is 0 Å². The van der Waals surface area contributed by atoms with Gasteiger partial charge < -0.3 is 16.2 Å². The van der Waals surface area contributed by atoms with Crippen molar-refractivity contribution in [1.29, 1.82) is 0 Å². The quantitative estimate of drug-likeness (QED) is 0.638. The van der Waals surface area contributed by atoms with Gasteiger partial charge in [-0.15, -0.1) is 0 Å². The Morgan fingerprint density at radius 3 is 2.38 bits per heavy atom. The van der Waals surface area contributed by atoms with Crippen LogP contribution in [0.15, 0.2) is 0 Å². The molecular formula is C11H20N2O3. The first-order valence-electron chi connectivity index (χ1n) is 5.65. The van der Waals surface area contributed by atoms with Gasteiger partial charge in [0.05, 0.1) is 11.0 Å². The molecule has 0 aromatic rings. The Bertz CT molecular complexity index is 300. The topological polar surface area (TPSA) is 92.4 Å². The lowest BCUT2D eigenvalue weighted by Gasteiger charge is -2.37. The van der Waals surface area contributed by atoms with Crippen LogP contribution in [0.2, 0.25) is 0 Å². The number of nitrogens with one attached hydrogen (secondary N) is 1. The van der Waals surface area contributed by atoms with E-state index in [2.05, 4.69) is 5.32 Å². The molecule has 1 aliphatic carbocycles. The van der Waals surface area contributed by atoms with Gasteiger partial charge in [-0.1, -0.05) is 6.92 Å². The average Bonchev–Trinajstić information content (AvgIpc) is 2.21. The Labute approximate surface area is 95.4 Å². The van der Waals surface area contributed by atoms with Crippen molar-refractivity contribution in [3.05, 3.63) is 0 Å². The van der Waals surface area contributed by atoms with E-state index >= 15 is 0 Å². The molecule has 1 rings (SSSR count). The van der Waals surface area contributed by atoms with E-state index in [1.807, 2.05) is 0 Å². The number of aliphatic carboxylic acids is 1. The number of carboxylic acid groups (broad SMARTS) is 1. The molecule has 5 nitrogen and oxygen atoms in total. The maximum absolute atomic E-state index is 11.7. The molecule has 92 valence electrons. The molecule has 1 saturated carbocycles. The van der Waals surface area contributed by atoms with Crippen LogP contribution >= 0.6 is 0 Å². The van der Waals surface area contributed by atoms with Gasteiger partial charge in [0.1, 0.15) is 0 Å². The largest absolute Gasteiger partial charge is 0.481 e. The zero-order chi connectivity index (χ0) is 12.4. The van der Waals surface area contributed by atoms with E-state index in [0.29, 0.717) is 19.3 Å². The van der Waals surface area contributed by atoms with E-state index in [0.717, 1.165) is 6.42 Å². The third-order valence-corrected chi connectivity index (χ3v) is 3.63. The second-order valence-electron chi connectivity index (χ2n) is 4.91. The minimum Gasteiger partial charge on any atom is -0.481 e. The Morgan fingerprint density at radius 1 is 1.50 bits per heavy atom. The highest BCUT2D eigenvalue weighted by Gasteiger charge is 2.41. The standard InChI is InChI=1S/C11H20N2O3/c1-3-10(2,9(15)16)7-13-8(14)11(12)5-4-6-11/h3-7,12H2,1-2H3,(H,13,14)(H,15,16). The fraction of sp³-hybridized carbons (Fsp3) is 0.818. The summed E-state index contributed by atoms with van der Waals surface area (Å²) in [6.07, 6.45) is 2.82. The van der Waals surface area contributed by atoms with Gasteiger partial charge >= 0.3 is 5.97 Å². The van der Waals surface area contributed by atoms with E-state index in [-0.39, 0.29) is 12.5 Å². The summed E-state index contributed by atoms with van der Waals surface area (Å²) in [5.41, 5.74) is 4.17. The third-order valence-electron chi connectivity index (χ3n) is 3.63. The summed E-state index contributed by atoms with van der Waals surface area (Å²) < 4.78 is 0. The van der Waals surface area contributed by atoms with Crippen molar-refractivity contribution >= 4 is 11.9 Å². The normalized spacial score (nSPS) is 21.7. The Kier molecular flexibility index (Phi) is 3.57. The van der Waals surface area contributed by atoms with Crippen LogP contribution < -0.4 is 11.1 Å². The van der Waals surface area contributed by atoms with Gasteiger partial charge in [-0.05, 0) is 32.6 Å². The highest BCUT2D eigenvalue weighted by atomic mass is 16.4. The summed E-state index contributed by atoms with van der Waals surface area (Å²) in [6.45, 7) is 3.55. The van der Waals surface area contributed by atoms with E-state index in [1.165, 1.54) is 0 Å². The van der Waals surface area contributed by atoms with Crippen molar-refractivity contribution < 1.29 is 14.7 Å². The van der Waals surface area contributed by atoms with Gasteiger partial charge in [-0.25, -0.2) is 0 Å². The third kappa shape index (κ3) is 2.35. The van der Waals surface area contributed by atoms with Gasteiger partial charge in [0.2, 0.25) is 5.91 Å². The maximum Gasteiger partial charge on any atom is 0.311 e. The second-order valence-corrected chi connectivity index (χ2v) is 4.91. The number of carbonyl (C=O) groups is 2. The van der Waals surface area contributed by atoms with E-state index in [1.54, 1.807) is 13.8 Å². The molecule has 1 fully saturated rings. The highest BCUT2D eigenvalue weighted by molar-refractivity contribution is 5.87. The van der Waals surface area contributed by atoms with Crippen LogP contribution in [0.4, 0.5) is 0 Å². The first-order chi connectivity index (χ1) is 7.34. The lowest BCUT2D eigenvalue weighted by atomic mass is 9.76. The fourth-order valence-electron chi connectivity index (χ4n) is 1.59. The van der Waals surface area contributed by atoms with Gasteiger partial charge in [-0.3, -0.25) is 9.59 Å². The van der Waals surface area contributed by atoms with Crippen molar-refractivity contribution in [2.75, 3.05) is 6.54 Å². The summed E-state index contributed by atoms with van der Waals surface area (Å²) in [6, 6.07) is 0.